The molecule has 1 saturated carbocycles. The fraction of sp³-hybridized carbons (Fsp3) is 0.396. The largest absolute Gasteiger partial charge is 0.370 e. The number of guanidine groups is 1. The van der Waals surface area contributed by atoms with Crippen LogP contribution in [0, 0.1) is 0 Å². The number of primary amides is 1. The molecule has 1 spiro atoms. The Kier molecular flexibility index (Phi) is 16.9. The third-order valence-corrected chi connectivity index (χ3v) is 12.4. The van der Waals surface area contributed by atoms with Crippen LogP contribution in [-0.4, -0.2) is 107 Å². The SMILES string of the molecule is CC(=O)N[C@H]1CC(=O)NC[C@@H](C(N)=O)NC(=O)[C@H](Cc2c[nH]c3ccccc23)NC(=O)[C@H](CCCN=C(N)N)NC(=O)[C@@H](Cc2ccccc2)NC(=O)C2(CCC(c3ccccc3)CC2)NC1=O. The molecule has 20 heteroatoms. The van der Waals surface area contributed by atoms with Crippen molar-refractivity contribution in [3.63, 3.8) is 0 Å². The van der Waals surface area contributed by atoms with Gasteiger partial charge in [-0.15, -0.1) is 0 Å². The monoisotopic (exact) mass is 932 g/mol. The summed E-state index contributed by atoms with van der Waals surface area (Å²) in [5, 5.41) is 19.7. The number of nitrogens with one attached hydrogen (secondary N) is 8. The molecule has 14 N–H and O–H groups in total. The van der Waals surface area contributed by atoms with Crippen molar-refractivity contribution in [3.05, 3.63) is 108 Å². The van der Waals surface area contributed by atoms with Gasteiger partial charge in [-0.1, -0.05) is 78.9 Å². The summed E-state index contributed by atoms with van der Waals surface area (Å²) in [6.45, 7) is 0.728. The number of rotatable bonds is 11. The zero-order valence-corrected chi connectivity index (χ0v) is 37.8. The van der Waals surface area contributed by atoms with Gasteiger partial charge >= 0.3 is 0 Å². The van der Waals surface area contributed by atoms with E-state index < -0.39 is 96.0 Å². The van der Waals surface area contributed by atoms with Crippen LogP contribution in [-0.2, 0) is 51.2 Å². The van der Waals surface area contributed by atoms with E-state index in [4.69, 9.17) is 17.2 Å². The Labute approximate surface area is 393 Å². The second-order valence-electron chi connectivity index (χ2n) is 17.3. The first-order valence-corrected chi connectivity index (χ1v) is 22.7. The van der Waals surface area contributed by atoms with Crippen molar-refractivity contribution in [2.45, 2.75) is 106 Å². The fourth-order valence-electron chi connectivity index (χ4n) is 8.73. The lowest BCUT2D eigenvalue weighted by Crippen LogP contribution is -2.66. The number of para-hydroxylation sites is 1. The molecule has 1 saturated heterocycles. The number of hydrogen-bond acceptors (Lipinski definition) is 9. The molecule has 4 aromatic rings. The first-order chi connectivity index (χ1) is 32.6. The molecule has 20 nitrogen and oxygen atoms in total. The predicted octanol–water partition coefficient (Wildman–Crippen LogP) is -0.331. The maximum Gasteiger partial charge on any atom is 0.246 e. The van der Waals surface area contributed by atoms with Crippen LogP contribution in [0.2, 0.25) is 0 Å². The van der Waals surface area contributed by atoms with Crippen LogP contribution in [0.25, 0.3) is 10.9 Å². The van der Waals surface area contributed by atoms with Crippen LogP contribution >= 0.6 is 0 Å². The number of hydrogen-bond donors (Lipinski definition) is 11. The van der Waals surface area contributed by atoms with Crippen LogP contribution in [0.15, 0.2) is 96.1 Å². The number of amides is 8. The van der Waals surface area contributed by atoms with Crippen molar-refractivity contribution in [1.29, 1.82) is 0 Å². The summed E-state index contributed by atoms with van der Waals surface area (Å²) < 4.78 is 0. The lowest BCUT2D eigenvalue weighted by Gasteiger charge is -2.41. The summed E-state index contributed by atoms with van der Waals surface area (Å²) in [6, 6.07) is 18.9. The summed E-state index contributed by atoms with van der Waals surface area (Å²) in [6.07, 6.45) is 2.25. The van der Waals surface area contributed by atoms with Crippen molar-refractivity contribution in [2.24, 2.45) is 22.2 Å². The Morgan fingerprint density at radius 2 is 1.35 bits per heavy atom. The molecule has 2 fully saturated rings. The van der Waals surface area contributed by atoms with Gasteiger partial charge in [0.1, 0.15) is 35.7 Å². The molecule has 2 heterocycles. The van der Waals surface area contributed by atoms with E-state index >= 15 is 0 Å². The molecular formula is C48H60N12O8. The molecule has 3 aromatic carbocycles. The number of carbonyl (C=O) groups excluding carboxylic acids is 8. The Balaban J connectivity index is 1.40. The number of nitrogens with two attached hydrogens (primary N) is 3. The van der Waals surface area contributed by atoms with Crippen LogP contribution < -0.4 is 54.4 Å². The summed E-state index contributed by atoms with van der Waals surface area (Å²) >= 11 is 0. The van der Waals surface area contributed by atoms with Crippen LogP contribution in [0.4, 0.5) is 0 Å². The normalized spacial score (nSPS) is 24.5. The predicted molar refractivity (Wildman–Crippen MR) is 253 cm³/mol. The van der Waals surface area contributed by atoms with E-state index in [-0.39, 0.29) is 56.9 Å². The van der Waals surface area contributed by atoms with Crippen molar-refractivity contribution in [2.75, 3.05) is 13.1 Å². The zero-order valence-electron chi connectivity index (χ0n) is 37.8. The second-order valence-corrected chi connectivity index (χ2v) is 17.3. The highest BCUT2D eigenvalue weighted by Gasteiger charge is 2.46. The van der Waals surface area contributed by atoms with Gasteiger partial charge < -0.3 is 59.4 Å². The fourth-order valence-corrected chi connectivity index (χ4v) is 8.73. The third kappa shape index (κ3) is 13.4. The quantitative estimate of drug-likeness (QED) is 0.0529. The Morgan fingerprint density at radius 1 is 0.735 bits per heavy atom. The van der Waals surface area contributed by atoms with Crippen molar-refractivity contribution < 1.29 is 38.4 Å². The maximum absolute atomic E-state index is 15.0. The number of H-pyrrole nitrogens is 1. The van der Waals surface area contributed by atoms with Gasteiger partial charge in [0.25, 0.3) is 0 Å². The summed E-state index contributed by atoms with van der Waals surface area (Å²) in [5.74, 6) is -6.54. The van der Waals surface area contributed by atoms with Crippen molar-refractivity contribution in [3.8, 4) is 0 Å². The van der Waals surface area contributed by atoms with Crippen LogP contribution in [0.3, 0.4) is 0 Å². The number of fused-ring (bicyclic) bond motifs is 1. The summed E-state index contributed by atoms with van der Waals surface area (Å²) in [7, 11) is 0. The van der Waals surface area contributed by atoms with E-state index in [0.29, 0.717) is 24.0 Å². The molecular weight excluding hydrogens is 873 g/mol. The number of carbonyl (C=O) groups is 8. The maximum atomic E-state index is 15.0. The van der Waals surface area contributed by atoms with E-state index in [9.17, 15) is 38.4 Å². The average Bonchev–Trinajstić information content (AvgIpc) is 3.73. The molecule has 5 atom stereocenters. The molecule has 6 rings (SSSR count). The molecule has 0 bridgehead atoms. The standard InChI is InChI=1S/C48H60N12O8/c1-28(61)55-38-25-40(62)54-27-39(41(49)63)58-44(66)37(24-32-26-53-34-16-9-8-15-33(32)34)57-42(64)35(17-10-22-52-47(50)51)56-43(65)36(23-29-11-4-2-5-12-29)59-46(68)48(60-45(38)67)20-18-31(19-21-48)30-13-6-3-7-14-30/h2-9,11-16,26,31,35-39,53H,10,17-25,27H2,1H3,(H2,49,63)(H,54,62)(H,55,61)(H,56,65)(H,57,64)(H,58,66)(H,59,68)(H,60,67)(H4,50,51,52)/t31?,35-,36+,37-,38-,39-,48?/m0/s1. The topological polar surface area (TPSA) is 327 Å². The van der Waals surface area contributed by atoms with Gasteiger partial charge in [0, 0.05) is 50.0 Å². The van der Waals surface area contributed by atoms with E-state index in [1.54, 1.807) is 36.5 Å². The minimum absolute atomic E-state index is 0.0247. The summed E-state index contributed by atoms with van der Waals surface area (Å²) in [4.78, 5) is 119. The third-order valence-electron chi connectivity index (χ3n) is 12.4. The smallest absolute Gasteiger partial charge is 0.246 e. The molecule has 68 heavy (non-hydrogen) atoms. The molecule has 1 aliphatic heterocycles. The minimum atomic E-state index is -1.63. The van der Waals surface area contributed by atoms with Crippen molar-refractivity contribution >= 4 is 64.1 Å². The first kappa shape index (κ1) is 49.7. The van der Waals surface area contributed by atoms with Gasteiger partial charge in [-0.2, -0.15) is 0 Å². The van der Waals surface area contributed by atoms with Gasteiger partial charge in [-0.05, 0) is 67.2 Å². The van der Waals surface area contributed by atoms with Gasteiger partial charge in [0.05, 0.1) is 6.42 Å². The Hall–Kier alpha value is -7.77. The summed E-state index contributed by atoms with van der Waals surface area (Å²) in [5.41, 5.74) is 18.4. The van der Waals surface area contributed by atoms with E-state index in [2.05, 4.69) is 47.2 Å². The molecule has 1 aliphatic carbocycles. The Morgan fingerprint density at radius 3 is 2.03 bits per heavy atom. The van der Waals surface area contributed by atoms with E-state index in [0.717, 1.165) is 16.5 Å². The minimum Gasteiger partial charge on any atom is -0.370 e. The molecule has 0 unspecified atom stereocenters. The highest BCUT2D eigenvalue weighted by Crippen LogP contribution is 2.38. The van der Waals surface area contributed by atoms with E-state index in [1.165, 1.54) is 6.92 Å². The average molecular weight is 933 g/mol. The number of aliphatic imine (C=N–C) groups is 1. The van der Waals surface area contributed by atoms with Gasteiger partial charge in [-0.25, -0.2) is 0 Å². The molecule has 360 valence electrons. The number of nitrogens with zero attached hydrogens (tertiary/aromatic N) is 1. The molecule has 2 aliphatic rings. The second kappa shape index (κ2) is 23.1. The molecule has 1 aromatic heterocycles. The van der Waals surface area contributed by atoms with Gasteiger partial charge in [0.15, 0.2) is 5.96 Å². The first-order valence-electron chi connectivity index (χ1n) is 22.7. The Bertz CT molecular complexity index is 2480. The highest BCUT2D eigenvalue weighted by atomic mass is 16.2. The number of aromatic amines is 1. The van der Waals surface area contributed by atoms with Gasteiger partial charge in [0.2, 0.25) is 47.3 Å². The molecule has 0 radical (unpaired) electrons. The number of aromatic nitrogens is 1. The zero-order chi connectivity index (χ0) is 48.8. The van der Waals surface area contributed by atoms with E-state index in [1.807, 2.05) is 54.6 Å². The van der Waals surface area contributed by atoms with Crippen LogP contribution in [0.1, 0.15) is 74.5 Å². The number of benzene rings is 3. The highest BCUT2D eigenvalue weighted by molar-refractivity contribution is 6.00. The van der Waals surface area contributed by atoms with Crippen LogP contribution in [0.5, 0.6) is 0 Å². The lowest BCUT2D eigenvalue weighted by atomic mass is 9.73. The lowest BCUT2D eigenvalue weighted by molar-refractivity contribution is -0.140. The van der Waals surface area contributed by atoms with Gasteiger partial charge in [-0.3, -0.25) is 43.3 Å². The van der Waals surface area contributed by atoms with Crippen molar-refractivity contribution in [1.82, 2.24) is 42.2 Å². The molecule has 8 amide bonds.